The van der Waals surface area contributed by atoms with Crippen molar-refractivity contribution in [1.82, 2.24) is 4.90 Å². The van der Waals surface area contributed by atoms with Gasteiger partial charge in [0.2, 0.25) is 0 Å². The molecule has 1 atom stereocenters. The van der Waals surface area contributed by atoms with Gasteiger partial charge in [-0.05, 0) is 30.7 Å². The normalized spacial score (nSPS) is 13.0. The Morgan fingerprint density at radius 2 is 2.18 bits per heavy atom. The van der Waals surface area contributed by atoms with E-state index in [2.05, 4.69) is 11.8 Å². The topological polar surface area (TPSA) is 49.5 Å². The second kappa shape index (κ2) is 7.67. The maximum absolute atomic E-state index is 9.10. The van der Waals surface area contributed by atoms with Crippen molar-refractivity contribution in [3.63, 3.8) is 0 Å². The fourth-order valence-electron chi connectivity index (χ4n) is 2.05. The van der Waals surface area contributed by atoms with E-state index in [4.69, 9.17) is 22.4 Å². The van der Waals surface area contributed by atoms with Crippen molar-refractivity contribution < 1.29 is 5.11 Å². The SMILES string of the molecule is CCCN(CCO)C(CN)c1cccc(Cl)c1. The van der Waals surface area contributed by atoms with Gasteiger partial charge in [-0.15, -0.1) is 0 Å². The minimum Gasteiger partial charge on any atom is -0.395 e. The van der Waals surface area contributed by atoms with E-state index in [-0.39, 0.29) is 12.6 Å². The zero-order valence-corrected chi connectivity index (χ0v) is 11.0. The lowest BCUT2D eigenvalue weighted by molar-refractivity contribution is 0.153. The second-order valence-electron chi connectivity index (χ2n) is 4.07. The van der Waals surface area contributed by atoms with Gasteiger partial charge in [0.05, 0.1) is 6.61 Å². The lowest BCUT2D eigenvalue weighted by Gasteiger charge is -2.30. The molecule has 3 nitrogen and oxygen atoms in total. The van der Waals surface area contributed by atoms with Crippen molar-refractivity contribution in [3.8, 4) is 0 Å². The molecule has 0 saturated carbocycles. The molecule has 4 heteroatoms. The molecule has 96 valence electrons. The van der Waals surface area contributed by atoms with Crippen molar-refractivity contribution >= 4 is 11.6 Å². The number of aliphatic hydroxyl groups is 1. The maximum atomic E-state index is 9.10. The fourth-order valence-corrected chi connectivity index (χ4v) is 2.25. The molecule has 0 bridgehead atoms. The smallest absolute Gasteiger partial charge is 0.0558 e. The molecule has 0 aliphatic heterocycles. The van der Waals surface area contributed by atoms with E-state index in [9.17, 15) is 0 Å². The van der Waals surface area contributed by atoms with Crippen LogP contribution in [0.2, 0.25) is 5.02 Å². The highest BCUT2D eigenvalue weighted by molar-refractivity contribution is 6.30. The summed E-state index contributed by atoms with van der Waals surface area (Å²) in [6.45, 7) is 4.37. The first-order chi connectivity index (χ1) is 8.22. The van der Waals surface area contributed by atoms with Crippen molar-refractivity contribution in [1.29, 1.82) is 0 Å². The Balaban J connectivity index is 2.87. The van der Waals surface area contributed by atoms with Crippen LogP contribution in [0.4, 0.5) is 0 Å². The van der Waals surface area contributed by atoms with Gasteiger partial charge in [0, 0.05) is 24.2 Å². The van der Waals surface area contributed by atoms with Crippen molar-refractivity contribution in [2.75, 3.05) is 26.2 Å². The van der Waals surface area contributed by atoms with Gasteiger partial charge in [-0.25, -0.2) is 0 Å². The molecule has 0 saturated heterocycles. The van der Waals surface area contributed by atoms with E-state index in [0.29, 0.717) is 13.1 Å². The lowest BCUT2D eigenvalue weighted by atomic mass is 10.1. The molecule has 1 unspecified atom stereocenters. The fraction of sp³-hybridized carbons (Fsp3) is 0.538. The van der Waals surface area contributed by atoms with Gasteiger partial charge in [0.25, 0.3) is 0 Å². The van der Waals surface area contributed by atoms with E-state index >= 15 is 0 Å². The maximum Gasteiger partial charge on any atom is 0.0558 e. The van der Waals surface area contributed by atoms with E-state index in [1.54, 1.807) is 0 Å². The molecule has 0 aromatic heterocycles. The molecule has 1 aromatic carbocycles. The van der Waals surface area contributed by atoms with Gasteiger partial charge in [-0.2, -0.15) is 0 Å². The second-order valence-corrected chi connectivity index (χ2v) is 4.50. The summed E-state index contributed by atoms with van der Waals surface area (Å²) in [5, 5.41) is 9.82. The van der Waals surface area contributed by atoms with Gasteiger partial charge >= 0.3 is 0 Å². The average molecular weight is 257 g/mol. The molecule has 3 N–H and O–H groups in total. The lowest BCUT2D eigenvalue weighted by Crippen LogP contribution is -2.36. The molecule has 0 aliphatic rings. The van der Waals surface area contributed by atoms with Crippen LogP contribution in [0.15, 0.2) is 24.3 Å². The van der Waals surface area contributed by atoms with Crippen LogP contribution in [0, 0.1) is 0 Å². The Kier molecular flexibility index (Phi) is 6.52. The molecule has 17 heavy (non-hydrogen) atoms. The Hall–Kier alpha value is -0.610. The minimum absolute atomic E-state index is 0.126. The van der Waals surface area contributed by atoms with Gasteiger partial charge < -0.3 is 10.8 Å². The van der Waals surface area contributed by atoms with E-state index in [0.717, 1.165) is 23.6 Å². The first-order valence-corrected chi connectivity index (χ1v) is 6.41. The van der Waals surface area contributed by atoms with Gasteiger partial charge in [-0.3, -0.25) is 4.90 Å². The first kappa shape index (κ1) is 14.5. The van der Waals surface area contributed by atoms with Crippen LogP contribution in [0.5, 0.6) is 0 Å². The third-order valence-electron chi connectivity index (χ3n) is 2.80. The Bertz CT molecular complexity index is 327. The van der Waals surface area contributed by atoms with Crippen LogP contribution < -0.4 is 5.73 Å². The molecule has 1 rings (SSSR count). The van der Waals surface area contributed by atoms with E-state index in [1.165, 1.54) is 0 Å². The third kappa shape index (κ3) is 4.28. The highest BCUT2D eigenvalue weighted by Gasteiger charge is 2.17. The average Bonchev–Trinajstić information content (AvgIpc) is 2.31. The molecule has 0 aliphatic carbocycles. The number of nitrogens with zero attached hydrogens (tertiary/aromatic N) is 1. The number of hydrogen-bond donors (Lipinski definition) is 2. The third-order valence-corrected chi connectivity index (χ3v) is 3.03. The molecule has 1 aromatic rings. The minimum atomic E-state index is 0.126. The predicted molar refractivity (Wildman–Crippen MR) is 72.2 cm³/mol. The van der Waals surface area contributed by atoms with Crippen molar-refractivity contribution in [3.05, 3.63) is 34.9 Å². The van der Waals surface area contributed by atoms with E-state index < -0.39 is 0 Å². The summed E-state index contributed by atoms with van der Waals surface area (Å²) in [4.78, 5) is 2.20. The Labute approximate surface area is 108 Å². The van der Waals surface area contributed by atoms with E-state index in [1.807, 2.05) is 24.3 Å². The van der Waals surface area contributed by atoms with Crippen molar-refractivity contribution in [2.24, 2.45) is 5.73 Å². The summed E-state index contributed by atoms with van der Waals surface area (Å²) >= 11 is 6.00. The standard InChI is InChI=1S/C13H21ClN2O/c1-2-6-16(7-8-17)13(10-15)11-4-3-5-12(14)9-11/h3-5,9,13,17H,2,6-8,10,15H2,1H3. The zero-order valence-electron chi connectivity index (χ0n) is 10.3. The zero-order chi connectivity index (χ0) is 12.7. The number of halogens is 1. The predicted octanol–water partition coefficient (Wildman–Crippen LogP) is 2.04. The van der Waals surface area contributed by atoms with Crippen LogP contribution in [-0.2, 0) is 0 Å². The summed E-state index contributed by atoms with van der Waals surface area (Å²) < 4.78 is 0. The summed E-state index contributed by atoms with van der Waals surface area (Å²) in [5.74, 6) is 0. The van der Waals surface area contributed by atoms with Crippen LogP contribution in [0.25, 0.3) is 0 Å². The summed E-state index contributed by atoms with van der Waals surface area (Å²) in [7, 11) is 0. The highest BCUT2D eigenvalue weighted by atomic mass is 35.5. The largest absolute Gasteiger partial charge is 0.395 e. The Morgan fingerprint density at radius 3 is 2.71 bits per heavy atom. The number of aliphatic hydroxyl groups excluding tert-OH is 1. The molecule has 0 spiro atoms. The monoisotopic (exact) mass is 256 g/mol. The number of hydrogen-bond acceptors (Lipinski definition) is 3. The highest BCUT2D eigenvalue weighted by Crippen LogP contribution is 2.22. The van der Waals surface area contributed by atoms with Gasteiger partial charge in [0.1, 0.15) is 0 Å². The molecular weight excluding hydrogens is 236 g/mol. The number of rotatable bonds is 7. The summed E-state index contributed by atoms with van der Waals surface area (Å²) in [6.07, 6.45) is 1.04. The van der Waals surface area contributed by atoms with Gasteiger partial charge in [0.15, 0.2) is 0 Å². The first-order valence-electron chi connectivity index (χ1n) is 6.03. The number of benzene rings is 1. The quantitative estimate of drug-likeness (QED) is 0.785. The van der Waals surface area contributed by atoms with Crippen molar-refractivity contribution in [2.45, 2.75) is 19.4 Å². The number of nitrogens with two attached hydrogens (primary N) is 1. The summed E-state index contributed by atoms with van der Waals surface area (Å²) in [6, 6.07) is 7.89. The summed E-state index contributed by atoms with van der Waals surface area (Å²) in [5.41, 5.74) is 6.96. The molecule has 0 radical (unpaired) electrons. The van der Waals surface area contributed by atoms with Crippen LogP contribution in [-0.4, -0.2) is 36.2 Å². The molecule has 0 fully saturated rings. The molecule has 0 heterocycles. The molecule has 0 amide bonds. The van der Waals surface area contributed by atoms with Crippen LogP contribution in [0.3, 0.4) is 0 Å². The Morgan fingerprint density at radius 1 is 1.41 bits per heavy atom. The van der Waals surface area contributed by atoms with Gasteiger partial charge in [-0.1, -0.05) is 30.7 Å². The van der Waals surface area contributed by atoms with Crippen LogP contribution >= 0.6 is 11.6 Å². The van der Waals surface area contributed by atoms with Crippen LogP contribution in [0.1, 0.15) is 24.9 Å². The molecular formula is C13H21ClN2O.